The minimum Gasteiger partial charge on any atom is -0.496 e. The van der Waals surface area contributed by atoms with Crippen molar-refractivity contribution in [2.45, 2.75) is 18.4 Å². The first-order valence-corrected chi connectivity index (χ1v) is 7.13. The number of nitrogens with zero attached hydrogens (tertiary/aromatic N) is 1. The Morgan fingerprint density at radius 2 is 2.21 bits per heavy atom. The molecule has 1 aromatic heterocycles. The molecule has 102 valence electrons. The number of aryl methyl sites for hydroxylation is 1. The Bertz CT molecular complexity index is 651. The van der Waals surface area contributed by atoms with Crippen molar-refractivity contribution in [3.63, 3.8) is 0 Å². The van der Waals surface area contributed by atoms with Crippen molar-refractivity contribution in [3.8, 4) is 5.75 Å². The minimum absolute atomic E-state index is 0.174. The summed E-state index contributed by atoms with van der Waals surface area (Å²) in [5.74, 6) is 0.660. The second-order valence-corrected chi connectivity index (χ2v) is 5.80. The Hall–Kier alpha value is -1.86. The molecule has 0 unspecified atom stereocenters. The molecule has 0 aliphatic rings. The second kappa shape index (κ2) is 5.41. The Morgan fingerprint density at radius 1 is 1.42 bits per heavy atom. The van der Waals surface area contributed by atoms with Crippen LogP contribution in [0.25, 0.3) is 0 Å². The normalized spacial score (nSPS) is 11.5. The largest absolute Gasteiger partial charge is 0.496 e. The maximum Gasteiger partial charge on any atom is 0.240 e. The Balaban J connectivity index is 2.17. The van der Waals surface area contributed by atoms with Gasteiger partial charge in [0.1, 0.15) is 5.75 Å². The van der Waals surface area contributed by atoms with Crippen LogP contribution in [0.3, 0.4) is 0 Å². The molecule has 0 atom stereocenters. The first-order chi connectivity index (χ1) is 9.03. The molecule has 0 amide bonds. The zero-order chi connectivity index (χ0) is 13.9. The van der Waals surface area contributed by atoms with Crippen molar-refractivity contribution in [3.05, 3.63) is 42.0 Å². The summed E-state index contributed by atoms with van der Waals surface area (Å²) in [5.41, 5.74) is 1.47. The van der Waals surface area contributed by atoms with Gasteiger partial charge in [-0.2, -0.15) is 0 Å². The van der Waals surface area contributed by atoms with E-state index in [4.69, 9.17) is 4.74 Å². The number of aromatic amines is 1. The van der Waals surface area contributed by atoms with Crippen LogP contribution in [-0.4, -0.2) is 25.5 Å². The average Bonchev–Trinajstić information content (AvgIpc) is 2.89. The summed E-state index contributed by atoms with van der Waals surface area (Å²) in [5, 5.41) is 0. The smallest absolute Gasteiger partial charge is 0.240 e. The average molecular weight is 281 g/mol. The van der Waals surface area contributed by atoms with Gasteiger partial charge in [-0.1, -0.05) is 0 Å². The van der Waals surface area contributed by atoms with Crippen molar-refractivity contribution < 1.29 is 13.2 Å². The van der Waals surface area contributed by atoms with Crippen molar-refractivity contribution in [2.75, 3.05) is 7.11 Å². The number of sulfonamides is 1. The summed E-state index contributed by atoms with van der Waals surface area (Å²) >= 11 is 0. The number of imidazole rings is 1. The molecule has 0 aliphatic carbocycles. The number of ether oxygens (including phenoxy) is 1. The Morgan fingerprint density at radius 3 is 2.79 bits per heavy atom. The van der Waals surface area contributed by atoms with Crippen LogP contribution in [0.15, 0.2) is 35.6 Å². The van der Waals surface area contributed by atoms with Crippen molar-refractivity contribution in [2.24, 2.45) is 0 Å². The van der Waals surface area contributed by atoms with Gasteiger partial charge in [-0.3, -0.25) is 0 Å². The van der Waals surface area contributed by atoms with Gasteiger partial charge >= 0.3 is 0 Å². The third-order valence-corrected chi connectivity index (χ3v) is 4.08. The van der Waals surface area contributed by atoms with E-state index >= 15 is 0 Å². The summed E-state index contributed by atoms with van der Waals surface area (Å²) in [4.78, 5) is 6.87. The molecule has 1 aromatic carbocycles. The fraction of sp³-hybridized carbons (Fsp3) is 0.250. The van der Waals surface area contributed by atoms with Crippen molar-refractivity contribution in [1.29, 1.82) is 0 Å². The zero-order valence-corrected chi connectivity index (χ0v) is 11.5. The molecule has 2 rings (SSSR count). The molecule has 0 spiro atoms. The summed E-state index contributed by atoms with van der Waals surface area (Å²) in [6, 6.07) is 4.73. The van der Waals surface area contributed by atoms with Gasteiger partial charge in [0.05, 0.1) is 24.9 Å². The van der Waals surface area contributed by atoms with Crippen LogP contribution in [0.4, 0.5) is 0 Å². The Kier molecular flexibility index (Phi) is 3.87. The van der Waals surface area contributed by atoms with Gasteiger partial charge in [0.15, 0.2) is 0 Å². The molecule has 2 N–H and O–H groups in total. The van der Waals surface area contributed by atoms with Crippen LogP contribution < -0.4 is 9.46 Å². The predicted octanol–water partition coefficient (Wildman–Crippen LogP) is 1.21. The molecule has 7 heteroatoms. The van der Waals surface area contributed by atoms with E-state index in [0.29, 0.717) is 11.4 Å². The number of nitrogens with one attached hydrogen (secondary N) is 2. The van der Waals surface area contributed by atoms with E-state index in [2.05, 4.69) is 14.7 Å². The monoisotopic (exact) mass is 281 g/mol. The topological polar surface area (TPSA) is 84.1 Å². The quantitative estimate of drug-likeness (QED) is 0.862. The molecular weight excluding hydrogens is 266 g/mol. The van der Waals surface area contributed by atoms with Gasteiger partial charge in [-0.05, 0) is 30.7 Å². The first kappa shape index (κ1) is 13.6. The highest BCUT2D eigenvalue weighted by molar-refractivity contribution is 7.89. The first-order valence-electron chi connectivity index (χ1n) is 5.64. The fourth-order valence-corrected chi connectivity index (χ4v) is 2.75. The van der Waals surface area contributed by atoms with Gasteiger partial charge in [0.25, 0.3) is 0 Å². The van der Waals surface area contributed by atoms with E-state index in [1.165, 1.54) is 12.4 Å². The highest BCUT2D eigenvalue weighted by atomic mass is 32.2. The van der Waals surface area contributed by atoms with E-state index < -0.39 is 10.0 Å². The highest BCUT2D eigenvalue weighted by Crippen LogP contribution is 2.21. The van der Waals surface area contributed by atoms with Crippen LogP contribution >= 0.6 is 0 Å². The van der Waals surface area contributed by atoms with Crippen LogP contribution in [0, 0.1) is 6.92 Å². The summed E-state index contributed by atoms with van der Waals surface area (Å²) in [6.07, 6.45) is 3.07. The second-order valence-electron chi connectivity index (χ2n) is 4.03. The molecule has 1 heterocycles. The summed E-state index contributed by atoms with van der Waals surface area (Å²) < 4.78 is 31.8. The number of rotatable bonds is 5. The van der Waals surface area contributed by atoms with Gasteiger partial charge in [0, 0.05) is 11.9 Å². The third kappa shape index (κ3) is 3.12. The van der Waals surface area contributed by atoms with E-state index in [0.717, 1.165) is 5.56 Å². The van der Waals surface area contributed by atoms with E-state index in [1.807, 2.05) is 0 Å². The number of H-pyrrole nitrogens is 1. The zero-order valence-electron chi connectivity index (χ0n) is 10.7. The number of hydrogen-bond donors (Lipinski definition) is 2. The van der Waals surface area contributed by atoms with Gasteiger partial charge in [-0.15, -0.1) is 0 Å². The van der Waals surface area contributed by atoms with Crippen molar-refractivity contribution >= 4 is 10.0 Å². The minimum atomic E-state index is -3.54. The SMILES string of the molecule is COc1ccc(S(=O)(=O)NCc2cnc[nH]2)cc1C. The van der Waals surface area contributed by atoms with Gasteiger partial charge in [0.2, 0.25) is 10.0 Å². The molecule has 2 aromatic rings. The lowest BCUT2D eigenvalue weighted by Gasteiger charge is -2.09. The van der Waals surface area contributed by atoms with Gasteiger partial charge in [-0.25, -0.2) is 18.1 Å². The third-order valence-electron chi connectivity index (χ3n) is 2.68. The van der Waals surface area contributed by atoms with E-state index in [9.17, 15) is 8.42 Å². The number of benzene rings is 1. The molecule has 0 saturated heterocycles. The molecule has 0 saturated carbocycles. The van der Waals surface area contributed by atoms with Crippen molar-refractivity contribution in [1.82, 2.24) is 14.7 Å². The maximum atomic E-state index is 12.1. The number of methoxy groups -OCH3 is 1. The van der Waals surface area contributed by atoms with Crippen LogP contribution in [-0.2, 0) is 16.6 Å². The molecule has 0 fully saturated rings. The predicted molar refractivity (Wildman–Crippen MR) is 70.3 cm³/mol. The Labute approximate surface area is 111 Å². The fourth-order valence-electron chi connectivity index (χ4n) is 1.66. The van der Waals surface area contributed by atoms with E-state index in [-0.39, 0.29) is 11.4 Å². The molecule has 0 aliphatic heterocycles. The lowest BCUT2D eigenvalue weighted by Crippen LogP contribution is -2.23. The molecule has 0 radical (unpaired) electrons. The summed E-state index contributed by atoms with van der Waals surface area (Å²) in [7, 11) is -1.99. The van der Waals surface area contributed by atoms with E-state index in [1.54, 1.807) is 32.4 Å². The molecule has 0 bridgehead atoms. The summed E-state index contributed by atoms with van der Waals surface area (Å²) in [6.45, 7) is 1.97. The maximum absolute atomic E-state index is 12.1. The number of hydrogen-bond acceptors (Lipinski definition) is 4. The van der Waals surface area contributed by atoms with Gasteiger partial charge < -0.3 is 9.72 Å². The lowest BCUT2D eigenvalue weighted by molar-refractivity contribution is 0.411. The van der Waals surface area contributed by atoms with Crippen LogP contribution in [0.2, 0.25) is 0 Å². The van der Waals surface area contributed by atoms with Crippen LogP contribution in [0.1, 0.15) is 11.3 Å². The number of aromatic nitrogens is 2. The standard InChI is InChI=1S/C12H15N3O3S/c1-9-5-11(3-4-12(9)18-2)19(16,17)15-7-10-6-13-8-14-10/h3-6,8,15H,7H2,1-2H3,(H,13,14). The molecular formula is C12H15N3O3S. The highest BCUT2D eigenvalue weighted by Gasteiger charge is 2.15. The van der Waals surface area contributed by atoms with Crippen LogP contribution in [0.5, 0.6) is 5.75 Å². The molecule has 6 nitrogen and oxygen atoms in total. The lowest BCUT2D eigenvalue weighted by atomic mass is 10.2. The molecule has 19 heavy (non-hydrogen) atoms.